The van der Waals surface area contributed by atoms with Crippen LogP contribution in [-0.2, 0) is 0 Å². The molecule has 1 aliphatic rings. The predicted octanol–water partition coefficient (Wildman–Crippen LogP) is 2.32. The van der Waals surface area contributed by atoms with Crippen molar-refractivity contribution in [2.24, 2.45) is 0 Å². The lowest BCUT2D eigenvalue weighted by Crippen LogP contribution is -2.38. The number of likely N-dealkylation sites (tertiary alicyclic amines) is 1. The Balaban J connectivity index is 1.68. The van der Waals surface area contributed by atoms with Gasteiger partial charge in [0.25, 0.3) is 5.89 Å². The first-order valence-corrected chi connectivity index (χ1v) is 7.56. The molecule has 0 unspecified atom stereocenters. The molecule has 1 saturated heterocycles. The third-order valence-corrected chi connectivity index (χ3v) is 4.20. The normalized spacial score (nSPS) is 18.4. The highest BCUT2D eigenvalue weighted by atomic mass is 32.1. The van der Waals surface area contributed by atoms with Crippen molar-refractivity contribution in [3.05, 3.63) is 23.3 Å². The third kappa shape index (κ3) is 2.53. The van der Waals surface area contributed by atoms with E-state index in [2.05, 4.69) is 15.5 Å². The van der Waals surface area contributed by atoms with Crippen LogP contribution in [-0.4, -0.2) is 40.7 Å². The summed E-state index contributed by atoms with van der Waals surface area (Å²) in [5.74, 6) is 1.42. The minimum atomic E-state index is -0.0167. The fourth-order valence-electron chi connectivity index (χ4n) is 2.32. The van der Waals surface area contributed by atoms with Crippen molar-refractivity contribution in [3.8, 4) is 10.8 Å². The Morgan fingerprint density at radius 1 is 1.65 bits per heavy atom. The van der Waals surface area contributed by atoms with Crippen molar-refractivity contribution in [2.75, 3.05) is 19.6 Å². The Hall–Kier alpha value is -1.89. The van der Waals surface area contributed by atoms with Gasteiger partial charge in [0.1, 0.15) is 0 Å². The van der Waals surface area contributed by atoms with E-state index in [1.165, 1.54) is 0 Å². The van der Waals surface area contributed by atoms with Gasteiger partial charge in [0.05, 0.1) is 4.88 Å². The number of carbonyl (C=O) groups is 1. The maximum Gasteiger partial charge on any atom is 0.317 e. The van der Waals surface area contributed by atoms with Crippen molar-refractivity contribution in [3.63, 3.8) is 0 Å². The molecular formula is C13H16N4O2S. The lowest BCUT2D eigenvalue weighted by molar-refractivity contribution is 0.208. The molecule has 106 valence electrons. The number of thiophene rings is 1. The van der Waals surface area contributed by atoms with Gasteiger partial charge in [0, 0.05) is 25.6 Å². The first-order valence-electron chi connectivity index (χ1n) is 6.68. The zero-order valence-electron chi connectivity index (χ0n) is 11.2. The smallest absolute Gasteiger partial charge is 0.317 e. The van der Waals surface area contributed by atoms with Gasteiger partial charge >= 0.3 is 6.03 Å². The molecule has 1 aliphatic heterocycles. The fraction of sp³-hybridized carbons (Fsp3) is 0.462. The van der Waals surface area contributed by atoms with E-state index >= 15 is 0 Å². The molecule has 3 rings (SSSR count). The molecule has 1 fully saturated rings. The van der Waals surface area contributed by atoms with Crippen molar-refractivity contribution in [1.29, 1.82) is 0 Å². The largest absolute Gasteiger partial charge is 0.338 e. The van der Waals surface area contributed by atoms with Gasteiger partial charge < -0.3 is 14.7 Å². The molecule has 0 spiro atoms. The summed E-state index contributed by atoms with van der Waals surface area (Å²) in [6.45, 7) is 3.94. The number of nitrogens with one attached hydrogen (secondary N) is 1. The Kier molecular flexibility index (Phi) is 3.68. The predicted molar refractivity (Wildman–Crippen MR) is 75.6 cm³/mol. The van der Waals surface area contributed by atoms with E-state index in [0.717, 1.165) is 17.8 Å². The molecule has 1 N–H and O–H groups in total. The summed E-state index contributed by atoms with van der Waals surface area (Å²) in [4.78, 5) is 19.0. The second kappa shape index (κ2) is 5.62. The quantitative estimate of drug-likeness (QED) is 0.942. The Morgan fingerprint density at radius 2 is 2.55 bits per heavy atom. The van der Waals surface area contributed by atoms with Crippen LogP contribution in [0.2, 0.25) is 0 Å². The van der Waals surface area contributed by atoms with Gasteiger partial charge in [-0.05, 0) is 24.8 Å². The average molecular weight is 292 g/mol. The summed E-state index contributed by atoms with van der Waals surface area (Å²) in [5, 5.41) is 8.85. The molecule has 6 nitrogen and oxygen atoms in total. The zero-order chi connectivity index (χ0) is 13.9. The molecule has 1 atom stereocenters. The standard InChI is InChI=1S/C13H16N4O2S/c1-2-14-13(18)17-6-5-9(8-17)11-15-12(19-16-11)10-4-3-7-20-10/h3-4,7,9H,2,5-6,8H2,1H3,(H,14,18)/t9-/m0/s1. The maximum absolute atomic E-state index is 11.8. The number of urea groups is 1. The molecule has 2 aromatic heterocycles. The molecule has 2 amide bonds. The lowest BCUT2D eigenvalue weighted by atomic mass is 10.1. The van der Waals surface area contributed by atoms with Gasteiger partial charge in [-0.25, -0.2) is 4.79 Å². The van der Waals surface area contributed by atoms with Crippen molar-refractivity contribution < 1.29 is 9.32 Å². The molecule has 7 heteroatoms. The average Bonchev–Trinajstić information content (AvgIpc) is 3.19. The summed E-state index contributed by atoms with van der Waals surface area (Å²) < 4.78 is 5.29. The van der Waals surface area contributed by atoms with Gasteiger partial charge in [-0.2, -0.15) is 4.98 Å². The summed E-state index contributed by atoms with van der Waals surface area (Å²) in [7, 11) is 0. The second-order valence-corrected chi connectivity index (χ2v) is 5.65. The molecule has 20 heavy (non-hydrogen) atoms. The third-order valence-electron chi connectivity index (χ3n) is 3.34. The van der Waals surface area contributed by atoms with E-state index in [-0.39, 0.29) is 11.9 Å². The highest BCUT2D eigenvalue weighted by molar-refractivity contribution is 7.13. The van der Waals surface area contributed by atoms with Crippen LogP contribution in [0.3, 0.4) is 0 Å². The van der Waals surface area contributed by atoms with Crippen molar-refractivity contribution in [1.82, 2.24) is 20.4 Å². The SMILES string of the molecule is CCNC(=O)N1CC[C@H](c2noc(-c3cccs3)n2)C1. The van der Waals surface area contributed by atoms with Gasteiger partial charge in [-0.3, -0.25) is 0 Å². The van der Waals surface area contributed by atoms with Crippen LogP contribution in [0.25, 0.3) is 10.8 Å². The number of amides is 2. The summed E-state index contributed by atoms with van der Waals surface area (Å²) in [5.41, 5.74) is 0. The van der Waals surface area contributed by atoms with E-state index in [1.807, 2.05) is 24.4 Å². The number of aromatic nitrogens is 2. The van der Waals surface area contributed by atoms with Crippen LogP contribution in [0.5, 0.6) is 0 Å². The molecule has 0 radical (unpaired) electrons. The summed E-state index contributed by atoms with van der Waals surface area (Å²) >= 11 is 1.57. The molecular weight excluding hydrogens is 276 g/mol. The van der Waals surface area contributed by atoms with Crippen LogP contribution in [0.4, 0.5) is 4.79 Å². The van der Waals surface area contributed by atoms with Crippen molar-refractivity contribution in [2.45, 2.75) is 19.3 Å². The maximum atomic E-state index is 11.8. The fourth-order valence-corrected chi connectivity index (χ4v) is 2.96. The summed E-state index contributed by atoms with van der Waals surface area (Å²) in [6, 6.07) is 3.89. The molecule has 0 aromatic carbocycles. The zero-order valence-corrected chi connectivity index (χ0v) is 12.0. The topological polar surface area (TPSA) is 71.3 Å². The number of hydrogen-bond donors (Lipinski definition) is 1. The van der Waals surface area contributed by atoms with Crippen LogP contribution in [0.1, 0.15) is 25.1 Å². The summed E-state index contributed by atoms with van der Waals surface area (Å²) in [6.07, 6.45) is 0.876. The Morgan fingerprint density at radius 3 is 3.30 bits per heavy atom. The van der Waals surface area contributed by atoms with E-state index in [0.29, 0.717) is 24.8 Å². The van der Waals surface area contributed by atoms with Crippen LogP contribution in [0.15, 0.2) is 22.0 Å². The molecule has 0 aliphatic carbocycles. The minimum Gasteiger partial charge on any atom is -0.338 e. The van der Waals surface area contributed by atoms with Gasteiger partial charge in [0.15, 0.2) is 5.82 Å². The number of hydrogen-bond acceptors (Lipinski definition) is 5. The Bertz CT molecular complexity index is 581. The second-order valence-electron chi connectivity index (χ2n) is 4.70. The van der Waals surface area contributed by atoms with Crippen LogP contribution >= 0.6 is 11.3 Å². The molecule has 0 bridgehead atoms. The van der Waals surface area contributed by atoms with Gasteiger partial charge in [-0.15, -0.1) is 11.3 Å². The van der Waals surface area contributed by atoms with E-state index in [9.17, 15) is 4.79 Å². The molecule has 2 aromatic rings. The highest BCUT2D eigenvalue weighted by Crippen LogP contribution is 2.28. The van der Waals surface area contributed by atoms with Gasteiger partial charge in [0.2, 0.25) is 0 Å². The lowest BCUT2D eigenvalue weighted by Gasteiger charge is -2.15. The van der Waals surface area contributed by atoms with E-state index < -0.39 is 0 Å². The van der Waals surface area contributed by atoms with Crippen LogP contribution in [0, 0.1) is 0 Å². The first-order chi connectivity index (χ1) is 9.78. The number of nitrogens with zero attached hydrogens (tertiary/aromatic N) is 3. The number of rotatable bonds is 3. The minimum absolute atomic E-state index is 0.0167. The highest BCUT2D eigenvalue weighted by Gasteiger charge is 2.30. The molecule has 3 heterocycles. The van der Waals surface area contributed by atoms with Crippen molar-refractivity contribution >= 4 is 17.4 Å². The first kappa shape index (κ1) is 13.1. The number of carbonyl (C=O) groups excluding carboxylic acids is 1. The Labute approximate surface area is 120 Å². The molecule has 0 saturated carbocycles. The van der Waals surface area contributed by atoms with E-state index in [1.54, 1.807) is 16.2 Å². The van der Waals surface area contributed by atoms with Gasteiger partial charge in [-0.1, -0.05) is 11.2 Å². The van der Waals surface area contributed by atoms with Crippen LogP contribution < -0.4 is 5.32 Å². The van der Waals surface area contributed by atoms with E-state index in [4.69, 9.17) is 4.52 Å². The monoisotopic (exact) mass is 292 g/mol.